The number of nitrogens with zero attached hydrogens (tertiary/aromatic N) is 1. The first-order chi connectivity index (χ1) is 18.5. The van der Waals surface area contributed by atoms with Crippen LogP contribution >= 0.6 is 0 Å². The van der Waals surface area contributed by atoms with Gasteiger partial charge >= 0.3 is 0 Å². The molecule has 1 atom stereocenters. The molecule has 7 nitrogen and oxygen atoms in total. The lowest BCUT2D eigenvalue weighted by Gasteiger charge is -2.32. The van der Waals surface area contributed by atoms with Crippen molar-refractivity contribution in [3.63, 3.8) is 0 Å². The predicted octanol–water partition coefficient (Wildman–Crippen LogP) is 4.43. The molecule has 202 valence electrons. The van der Waals surface area contributed by atoms with Gasteiger partial charge in [0.05, 0.1) is 20.6 Å². The van der Waals surface area contributed by atoms with Crippen molar-refractivity contribution in [1.29, 1.82) is 0 Å². The van der Waals surface area contributed by atoms with Crippen LogP contribution in [-0.2, 0) is 33.7 Å². The van der Waals surface area contributed by atoms with Gasteiger partial charge in [-0.3, -0.25) is 9.59 Å². The molecule has 0 aliphatic carbocycles. The van der Waals surface area contributed by atoms with Crippen molar-refractivity contribution in [1.82, 2.24) is 10.2 Å². The van der Waals surface area contributed by atoms with E-state index in [9.17, 15) is 9.59 Å². The van der Waals surface area contributed by atoms with E-state index in [1.165, 1.54) is 0 Å². The van der Waals surface area contributed by atoms with Crippen LogP contribution in [0.5, 0.6) is 11.5 Å². The SMILES string of the molecule is CCOCCCNC(=O)C(Cc1ccccc1)N(Cc1ccccc1)C(=O)Cc1ccc(OC)c(OC)c1. The average Bonchev–Trinajstić information content (AvgIpc) is 2.95. The van der Waals surface area contributed by atoms with Gasteiger partial charge in [-0.05, 0) is 42.2 Å². The highest BCUT2D eigenvalue weighted by molar-refractivity contribution is 5.88. The molecular formula is C31H38N2O5. The average molecular weight is 519 g/mol. The molecule has 1 unspecified atom stereocenters. The van der Waals surface area contributed by atoms with Crippen LogP contribution in [-0.4, -0.2) is 56.7 Å². The molecule has 0 heterocycles. The Morgan fingerprint density at radius 2 is 1.50 bits per heavy atom. The Labute approximate surface area is 225 Å². The van der Waals surface area contributed by atoms with Crippen molar-refractivity contribution in [3.05, 3.63) is 95.6 Å². The first-order valence-corrected chi connectivity index (χ1v) is 13.0. The van der Waals surface area contributed by atoms with E-state index in [4.69, 9.17) is 14.2 Å². The molecule has 1 N–H and O–H groups in total. The summed E-state index contributed by atoms with van der Waals surface area (Å²) in [7, 11) is 3.14. The summed E-state index contributed by atoms with van der Waals surface area (Å²) in [6.45, 7) is 3.95. The summed E-state index contributed by atoms with van der Waals surface area (Å²) in [5.41, 5.74) is 2.72. The third-order valence-electron chi connectivity index (χ3n) is 6.24. The highest BCUT2D eigenvalue weighted by Gasteiger charge is 2.30. The molecule has 0 bridgehead atoms. The molecular weight excluding hydrogens is 480 g/mol. The Morgan fingerprint density at radius 1 is 0.842 bits per heavy atom. The van der Waals surface area contributed by atoms with Crippen molar-refractivity contribution < 1.29 is 23.8 Å². The summed E-state index contributed by atoms with van der Waals surface area (Å²) < 4.78 is 16.2. The van der Waals surface area contributed by atoms with Gasteiger partial charge in [0, 0.05) is 32.7 Å². The maximum Gasteiger partial charge on any atom is 0.243 e. The minimum atomic E-state index is -0.683. The van der Waals surface area contributed by atoms with Crippen molar-refractivity contribution >= 4 is 11.8 Å². The van der Waals surface area contributed by atoms with E-state index >= 15 is 0 Å². The van der Waals surface area contributed by atoms with Gasteiger partial charge in [-0.25, -0.2) is 0 Å². The van der Waals surface area contributed by atoms with Crippen LogP contribution in [0, 0.1) is 0 Å². The molecule has 7 heteroatoms. The van der Waals surface area contributed by atoms with Gasteiger partial charge in [-0.15, -0.1) is 0 Å². The van der Waals surface area contributed by atoms with Gasteiger partial charge in [0.15, 0.2) is 11.5 Å². The van der Waals surface area contributed by atoms with Gasteiger partial charge in [0.1, 0.15) is 6.04 Å². The third kappa shape index (κ3) is 8.63. The number of rotatable bonds is 15. The standard InChI is InChI=1S/C31H38N2O5/c1-4-38-19-11-18-32-31(35)27(20-24-12-7-5-8-13-24)33(23-25-14-9-6-10-15-25)30(34)22-26-16-17-28(36-2)29(21-26)37-3/h5-10,12-17,21,27H,4,11,18-20,22-23H2,1-3H3,(H,32,35). The highest BCUT2D eigenvalue weighted by Crippen LogP contribution is 2.28. The van der Waals surface area contributed by atoms with E-state index in [2.05, 4.69) is 5.32 Å². The summed E-state index contributed by atoms with van der Waals surface area (Å²) in [6.07, 6.45) is 1.23. The Kier molecular flexibility index (Phi) is 11.7. The number of hydrogen-bond acceptors (Lipinski definition) is 5. The van der Waals surface area contributed by atoms with Crippen LogP contribution in [0.1, 0.15) is 30.0 Å². The summed E-state index contributed by atoms with van der Waals surface area (Å²) in [5, 5.41) is 3.03. The minimum Gasteiger partial charge on any atom is -0.493 e. The van der Waals surface area contributed by atoms with E-state index in [0.29, 0.717) is 50.6 Å². The smallest absolute Gasteiger partial charge is 0.243 e. The molecule has 3 aromatic rings. The van der Waals surface area contributed by atoms with Crippen LogP contribution in [0.2, 0.25) is 0 Å². The van der Waals surface area contributed by atoms with Crippen molar-refractivity contribution in [2.24, 2.45) is 0 Å². The summed E-state index contributed by atoms with van der Waals surface area (Å²) >= 11 is 0. The number of carbonyl (C=O) groups is 2. The maximum atomic E-state index is 13.9. The molecule has 0 aliphatic rings. The normalized spacial score (nSPS) is 11.4. The second-order valence-corrected chi connectivity index (χ2v) is 8.92. The number of methoxy groups -OCH3 is 2. The molecule has 0 aliphatic heterocycles. The molecule has 2 amide bonds. The molecule has 0 fully saturated rings. The van der Waals surface area contributed by atoms with Gasteiger partial charge in [0.25, 0.3) is 0 Å². The molecule has 0 aromatic heterocycles. The molecule has 0 radical (unpaired) electrons. The van der Waals surface area contributed by atoms with E-state index in [0.717, 1.165) is 16.7 Å². The summed E-state index contributed by atoms with van der Waals surface area (Å²) in [5.74, 6) is 0.826. The monoisotopic (exact) mass is 518 g/mol. The summed E-state index contributed by atoms with van der Waals surface area (Å²) in [4.78, 5) is 29.1. The third-order valence-corrected chi connectivity index (χ3v) is 6.24. The zero-order chi connectivity index (χ0) is 27.2. The topological polar surface area (TPSA) is 77.1 Å². The second kappa shape index (κ2) is 15.4. The maximum absolute atomic E-state index is 13.9. The number of carbonyl (C=O) groups excluding carboxylic acids is 2. The Hall–Kier alpha value is -3.84. The zero-order valence-corrected chi connectivity index (χ0v) is 22.5. The first kappa shape index (κ1) is 28.7. The van der Waals surface area contributed by atoms with Crippen LogP contribution in [0.25, 0.3) is 0 Å². The number of ether oxygens (including phenoxy) is 3. The lowest BCUT2D eigenvalue weighted by molar-refractivity contribution is -0.140. The van der Waals surface area contributed by atoms with Crippen LogP contribution in [0.3, 0.4) is 0 Å². The molecule has 0 saturated carbocycles. The highest BCUT2D eigenvalue weighted by atomic mass is 16.5. The number of nitrogens with one attached hydrogen (secondary N) is 1. The first-order valence-electron chi connectivity index (χ1n) is 13.0. The summed E-state index contributed by atoms with van der Waals surface area (Å²) in [6, 6.07) is 24.3. The van der Waals surface area contributed by atoms with Crippen molar-refractivity contribution in [2.45, 2.75) is 38.8 Å². The van der Waals surface area contributed by atoms with Crippen LogP contribution in [0.4, 0.5) is 0 Å². The zero-order valence-electron chi connectivity index (χ0n) is 22.5. The molecule has 3 aromatic carbocycles. The van der Waals surface area contributed by atoms with Gasteiger partial charge in [-0.2, -0.15) is 0 Å². The fraction of sp³-hybridized carbons (Fsp3) is 0.355. The van der Waals surface area contributed by atoms with Gasteiger partial charge in [-0.1, -0.05) is 66.7 Å². The Balaban J connectivity index is 1.89. The molecule has 38 heavy (non-hydrogen) atoms. The molecule has 0 saturated heterocycles. The van der Waals surface area contributed by atoms with Gasteiger partial charge < -0.3 is 24.4 Å². The largest absolute Gasteiger partial charge is 0.493 e. The predicted molar refractivity (Wildman–Crippen MR) is 148 cm³/mol. The number of hydrogen-bond donors (Lipinski definition) is 1. The Morgan fingerprint density at radius 3 is 2.13 bits per heavy atom. The lowest BCUT2D eigenvalue weighted by Crippen LogP contribution is -2.51. The van der Waals surface area contributed by atoms with E-state index in [1.54, 1.807) is 31.3 Å². The Bertz CT molecular complexity index is 1140. The quantitative estimate of drug-likeness (QED) is 0.301. The van der Waals surface area contributed by atoms with Gasteiger partial charge in [0.2, 0.25) is 11.8 Å². The second-order valence-electron chi connectivity index (χ2n) is 8.92. The number of benzene rings is 3. The van der Waals surface area contributed by atoms with E-state index in [-0.39, 0.29) is 18.2 Å². The fourth-order valence-electron chi connectivity index (χ4n) is 4.25. The fourth-order valence-corrected chi connectivity index (χ4v) is 4.25. The van der Waals surface area contributed by atoms with E-state index < -0.39 is 6.04 Å². The van der Waals surface area contributed by atoms with Crippen LogP contribution in [0.15, 0.2) is 78.9 Å². The van der Waals surface area contributed by atoms with E-state index in [1.807, 2.05) is 73.7 Å². The molecule has 0 spiro atoms. The van der Waals surface area contributed by atoms with Crippen molar-refractivity contribution in [3.8, 4) is 11.5 Å². The number of amides is 2. The minimum absolute atomic E-state index is 0.121. The van der Waals surface area contributed by atoms with Crippen LogP contribution < -0.4 is 14.8 Å². The molecule has 3 rings (SSSR count). The lowest BCUT2D eigenvalue weighted by atomic mass is 10.0. The van der Waals surface area contributed by atoms with Crippen molar-refractivity contribution in [2.75, 3.05) is 34.0 Å².